The summed E-state index contributed by atoms with van der Waals surface area (Å²) in [5, 5.41) is 1.35. The minimum atomic E-state index is -0.204. The molecule has 0 N–H and O–H groups in total. The van der Waals surface area contributed by atoms with Crippen LogP contribution in [0.5, 0.6) is 5.75 Å². The summed E-state index contributed by atoms with van der Waals surface area (Å²) in [6.07, 6.45) is 0. The van der Waals surface area contributed by atoms with Crippen molar-refractivity contribution >= 4 is 10.9 Å². The molecular weight excluding hydrogens is 330 g/mol. The average Bonchev–Trinajstić information content (AvgIpc) is 3.01. The second kappa shape index (κ2) is 5.75. The SMILES string of the molecule is COc1ccc(C2(C)c3ccccc3Cn3c2c(C)c2ccccc23)cc1. The van der Waals surface area contributed by atoms with E-state index < -0.39 is 0 Å². The van der Waals surface area contributed by atoms with E-state index in [-0.39, 0.29) is 5.41 Å². The smallest absolute Gasteiger partial charge is 0.118 e. The fourth-order valence-corrected chi connectivity index (χ4v) is 4.95. The fraction of sp³-hybridized carbons (Fsp3) is 0.200. The molecule has 134 valence electrons. The first-order valence-electron chi connectivity index (χ1n) is 9.46. The highest BCUT2D eigenvalue weighted by Gasteiger charge is 2.40. The number of hydrogen-bond donors (Lipinski definition) is 0. The van der Waals surface area contributed by atoms with Crippen molar-refractivity contribution in [3.05, 3.63) is 101 Å². The Morgan fingerprint density at radius 3 is 2.37 bits per heavy atom. The molecule has 0 bridgehead atoms. The predicted octanol–water partition coefficient (Wildman–Crippen LogP) is 5.67. The summed E-state index contributed by atoms with van der Waals surface area (Å²) in [6.45, 7) is 5.56. The van der Waals surface area contributed by atoms with E-state index >= 15 is 0 Å². The number of aryl methyl sites for hydroxylation is 1. The first-order chi connectivity index (χ1) is 13.1. The molecule has 0 radical (unpaired) electrons. The molecule has 0 fully saturated rings. The molecule has 0 amide bonds. The molecule has 1 aliphatic rings. The third kappa shape index (κ3) is 2.13. The molecule has 27 heavy (non-hydrogen) atoms. The molecule has 0 spiro atoms. The molecule has 0 saturated carbocycles. The molecule has 3 aromatic carbocycles. The third-order valence-electron chi connectivity index (χ3n) is 6.25. The van der Waals surface area contributed by atoms with Crippen molar-refractivity contribution in [3.8, 4) is 5.75 Å². The first-order valence-corrected chi connectivity index (χ1v) is 9.46. The highest BCUT2D eigenvalue weighted by atomic mass is 16.5. The zero-order valence-corrected chi connectivity index (χ0v) is 16.0. The van der Waals surface area contributed by atoms with Crippen molar-refractivity contribution < 1.29 is 4.74 Å². The lowest BCUT2D eigenvalue weighted by atomic mass is 9.69. The van der Waals surface area contributed by atoms with Gasteiger partial charge in [-0.2, -0.15) is 0 Å². The van der Waals surface area contributed by atoms with Crippen LogP contribution in [0.2, 0.25) is 0 Å². The Labute approximate surface area is 160 Å². The van der Waals surface area contributed by atoms with Gasteiger partial charge in [-0.1, -0.05) is 54.6 Å². The van der Waals surface area contributed by atoms with E-state index in [1.807, 2.05) is 0 Å². The molecule has 2 nitrogen and oxygen atoms in total. The Morgan fingerprint density at radius 1 is 0.889 bits per heavy atom. The Hall–Kier alpha value is -3.00. The molecule has 2 heteroatoms. The average molecular weight is 353 g/mol. The van der Waals surface area contributed by atoms with Crippen LogP contribution in [-0.4, -0.2) is 11.7 Å². The Morgan fingerprint density at radius 2 is 1.59 bits per heavy atom. The summed E-state index contributed by atoms with van der Waals surface area (Å²) in [7, 11) is 1.72. The van der Waals surface area contributed by atoms with E-state index in [9.17, 15) is 0 Å². The topological polar surface area (TPSA) is 14.2 Å². The van der Waals surface area contributed by atoms with Crippen LogP contribution >= 0.6 is 0 Å². The molecule has 0 aliphatic carbocycles. The van der Waals surface area contributed by atoms with E-state index in [4.69, 9.17) is 4.74 Å². The van der Waals surface area contributed by atoms with Crippen LogP contribution in [0.3, 0.4) is 0 Å². The van der Waals surface area contributed by atoms with Crippen molar-refractivity contribution in [1.82, 2.24) is 4.57 Å². The van der Waals surface area contributed by atoms with Gasteiger partial charge in [0.2, 0.25) is 0 Å². The molecule has 1 aromatic heterocycles. The predicted molar refractivity (Wildman–Crippen MR) is 111 cm³/mol. The highest BCUT2D eigenvalue weighted by Crippen LogP contribution is 2.48. The van der Waals surface area contributed by atoms with Crippen molar-refractivity contribution in [1.29, 1.82) is 0 Å². The monoisotopic (exact) mass is 353 g/mol. The van der Waals surface area contributed by atoms with Gasteiger partial charge in [0.25, 0.3) is 0 Å². The van der Waals surface area contributed by atoms with Gasteiger partial charge in [-0.25, -0.2) is 0 Å². The largest absolute Gasteiger partial charge is 0.497 e. The lowest BCUT2D eigenvalue weighted by Gasteiger charge is -2.39. The maximum Gasteiger partial charge on any atom is 0.118 e. The van der Waals surface area contributed by atoms with Crippen molar-refractivity contribution in [2.75, 3.05) is 7.11 Å². The van der Waals surface area contributed by atoms with Gasteiger partial charge < -0.3 is 9.30 Å². The van der Waals surface area contributed by atoms with Gasteiger partial charge in [-0.3, -0.25) is 0 Å². The van der Waals surface area contributed by atoms with Gasteiger partial charge in [-0.15, -0.1) is 0 Å². The standard InChI is InChI=1S/C25H23NO/c1-17-21-9-5-7-11-23(21)26-16-18-8-4-6-10-22(18)25(2,24(17)26)19-12-14-20(27-3)15-13-19/h4-15H,16H2,1-3H3. The lowest BCUT2D eigenvalue weighted by Crippen LogP contribution is -2.34. The number of rotatable bonds is 2. The molecule has 5 rings (SSSR count). The maximum atomic E-state index is 5.39. The molecule has 0 saturated heterocycles. The van der Waals surface area contributed by atoms with Crippen LogP contribution in [0.25, 0.3) is 10.9 Å². The van der Waals surface area contributed by atoms with E-state index in [1.165, 1.54) is 38.9 Å². The molecule has 2 heterocycles. The van der Waals surface area contributed by atoms with Crippen LogP contribution < -0.4 is 4.74 Å². The van der Waals surface area contributed by atoms with E-state index in [2.05, 4.69) is 91.2 Å². The number of benzene rings is 3. The van der Waals surface area contributed by atoms with Gasteiger partial charge in [-0.05, 0) is 54.3 Å². The van der Waals surface area contributed by atoms with E-state index in [1.54, 1.807) is 7.11 Å². The molecule has 1 unspecified atom stereocenters. The van der Waals surface area contributed by atoms with E-state index in [0.29, 0.717) is 0 Å². The van der Waals surface area contributed by atoms with Crippen molar-refractivity contribution in [2.24, 2.45) is 0 Å². The summed E-state index contributed by atoms with van der Waals surface area (Å²) >= 11 is 0. The number of ether oxygens (including phenoxy) is 1. The molecular formula is C25H23NO. The third-order valence-corrected chi connectivity index (χ3v) is 6.25. The minimum absolute atomic E-state index is 0.204. The normalized spacial score (nSPS) is 18.2. The summed E-state index contributed by atoms with van der Waals surface area (Å²) in [5.74, 6) is 0.892. The van der Waals surface area contributed by atoms with Crippen molar-refractivity contribution in [3.63, 3.8) is 0 Å². The lowest BCUT2D eigenvalue weighted by molar-refractivity contribution is 0.414. The Balaban J connectivity index is 1.88. The van der Waals surface area contributed by atoms with E-state index in [0.717, 1.165) is 12.3 Å². The molecule has 1 atom stereocenters. The van der Waals surface area contributed by atoms with Crippen molar-refractivity contribution in [2.45, 2.75) is 25.8 Å². The van der Waals surface area contributed by atoms with Crippen LogP contribution in [0.15, 0.2) is 72.8 Å². The Kier molecular flexibility index (Phi) is 3.45. The quantitative estimate of drug-likeness (QED) is 0.452. The zero-order valence-electron chi connectivity index (χ0n) is 16.0. The van der Waals surface area contributed by atoms with Crippen LogP contribution in [0.1, 0.15) is 34.9 Å². The van der Waals surface area contributed by atoms with Gasteiger partial charge >= 0.3 is 0 Å². The number of hydrogen-bond acceptors (Lipinski definition) is 1. The number of aromatic nitrogens is 1. The molecule has 4 aromatic rings. The van der Waals surface area contributed by atoms with Gasteiger partial charge in [0.05, 0.1) is 12.5 Å². The summed E-state index contributed by atoms with van der Waals surface area (Å²) in [4.78, 5) is 0. The maximum absolute atomic E-state index is 5.39. The Bertz CT molecular complexity index is 1150. The fourth-order valence-electron chi connectivity index (χ4n) is 4.95. The zero-order chi connectivity index (χ0) is 18.6. The summed E-state index contributed by atoms with van der Waals surface area (Å²) in [6, 6.07) is 26.2. The number of nitrogens with zero attached hydrogens (tertiary/aromatic N) is 1. The highest BCUT2D eigenvalue weighted by molar-refractivity contribution is 5.87. The van der Waals surface area contributed by atoms with Crippen LogP contribution in [0.4, 0.5) is 0 Å². The van der Waals surface area contributed by atoms with Gasteiger partial charge in [0.15, 0.2) is 0 Å². The van der Waals surface area contributed by atoms with Gasteiger partial charge in [0, 0.05) is 23.1 Å². The summed E-state index contributed by atoms with van der Waals surface area (Å²) < 4.78 is 7.91. The summed E-state index contributed by atoms with van der Waals surface area (Å²) in [5.41, 5.74) is 7.97. The van der Waals surface area contributed by atoms with Crippen LogP contribution in [-0.2, 0) is 12.0 Å². The molecule has 1 aliphatic heterocycles. The number of methoxy groups -OCH3 is 1. The number of fused-ring (bicyclic) bond motifs is 4. The minimum Gasteiger partial charge on any atom is -0.497 e. The second-order valence-corrected chi connectivity index (χ2v) is 7.59. The number of para-hydroxylation sites is 1. The first kappa shape index (κ1) is 16.2. The second-order valence-electron chi connectivity index (χ2n) is 7.59. The van der Waals surface area contributed by atoms with Gasteiger partial charge in [0.1, 0.15) is 5.75 Å². The van der Waals surface area contributed by atoms with Crippen LogP contribution in [0, 0.1) is 6.92 Å².